The maximum absolute atomic E-state index is 13.0. The fraction of sp³-hybridized carbons (Fsp3) is 0.333. The first-order chi connectivity index (χ1) is 19.9. The molecule has 1 aliphatic rings. The van der Waals surface area contributed by atoms with Gasteiger partial charge in [-0.25, -0.2) is 0 Å². The molecule has 1 unspecified atom stereocenters. The number of aromatic nitrogens is 3. The van der Waals surface area contributed by atoms with E-state index in [0.717, 1.165) is 40.0 Å². The Balaban J connectivity index is 1.16. The van der Waals surface area contributed by atoms with E-state index >= 15 is 0 Å². The van der Waals surface area contributed by atoms with Crippen molar-refractivity contribution >= 4 is 23.6 Å². The summed E-state index contributed by atoms with van der Waals surface area (Å²) < 4.78 is 2.11. The summed E-state index contributed by atoms with van der Waals surface area (Å²) in [4.78, 5) is 29.7. The molecule has 0 spiro atoms. The summed E-state index contributed by atoms with van der Waals surface area (Å²) in [5.74, 6) is 1.83. The molecule has 7 nitrogen and oxygen atoms in total. The average Bonchev–Trinajstić information content (AvgIpc) is 3.40. The first-order valence-electron chi connectivity index (χ1n) is 14.2. The van der Waals surface area contributed by atoms with Crippen LogP contribution in [0.25, 0.3) is 17.1 Å². The Morgan fingerprint density at radius 2 is 1.66 bits per heavy atom. The first kappa shape index (κ1) is 28.6. The number of rotatable bonds is 9. The normalized spacial score (nSPS) is 15.2. The summed E-state index contributed by atoms with van der Waals surface area (Å²) in [6, 6.07) is 26.5. The van der Waals surface area contributed by atoms with Crippen LogP contribution in [-0.2, 0) is 16.0 Å². The lowest BCUT2D eigenvalue weighted by molar-refractivity contribution is -0.142. The number of hydrogen-bond donors (Lipinski definition) is 0. The second-order valence-corrected chi connectivity index (χ2v) is 11.8. The van der Waals surface area contributed by atoms with Crippen LogP contribution in [0.3, 0.4) is 0 Å². The van der Waals surface area contributed by atoms with E-state index in [2.05, 4.69) is 71.1 Å². The topological polar surface area (TPSA) is 71.3 Å². The van der Waals surface area contributed by atoms with Crippen molar-refractivity contribution < 1.29 is 9.59 Å². The average molecular weight is 568 g/mol. The molecule has 0 radical (unpaired) electrons. The summed E-state index contributed by atoms with van der Waals surface area (Å²) in [5, 5.41) is 9.90. The van der Waals surface area contributed by atoms with Gasteiger partial charge in [-0.05, 0) is 50.5 Å². The van der Waals surface area contributed by atoms with Gasteiger partial charge in [0.1, 0.15) is 0 Å². The van der Waals surface area contributed by atoms with Crippen molar-refractivity contribution in [1.29, 1.82) is 0 Å². The minimum absolute atomic E-state index is 0.00589. The third kappa shape index (κ3) is 7.06. The van der Waals surface area contributed by atoms with Crippen LogP contribution >= 0.6 is 11.8 Å². The molecule has 0 bridgehead atoms. The zero-order valence-corrected chi connectivity index (χ0v) is 24.8. The summed E-state index contributed by atoms with van der Waals surface area (Å²) in [5.41, 5.74) is 5.43. The number of benzene rings is 3. The standard InChI is InChI=1S/C33H37N5O2S/c1-24-14-16-28(17-15-24)32-34-35-33(38(32)29-12-7-9-25(2)21-29)41-20-8-13-30(39)36-18-19-37(26(3)23-36)31(40)22-27-10-5-4-6-11-27/h4-7,9-12,14-17,21,26H,8,13,18-20,22-23H2,1-3H3. The van der Waals surface area contributed by atoms with Gasteiger partial charge in [0.25, 0.3) is 0 Å². The number of nitrogens with zero attached hydrogens (tertiary/aromatic N) is 5. The maximum atomic E-state index is 13.0. The third-order valence-corrected chi connectivity index (χ3v) is 8.48. The number of thioether (sulfide) groups is 1. The van der Waals surface area contributed by atoms with Gasteiger partial charge in [0.05, 0.1) is 6.42 Å². The summed E-state index contributed by atoms with van der Waals surface area (Å²) >= 11 is 1.63. The van der Waals surface area contributed by atoms with Gasteiger partial charge in [-0.1, -0.05) is 84.1 Å². The van der Waals surface area contributed by atoms with E-state index in [9.17, 15) is 9.59 Å². The molecule has 1 aromatic heterocycles. The Morgan fingerprint density at radius 1 is 0.878 bits per heavy atom. The smallest absolute Gasteiger partial charge is 0.227 e. The molecule has 8 heteroatoms. The molecule has 1 atom stereocenters. The van der Waals surface area contributed by atoms with Gasteiger partial charge < -0.3 is 9.80 Å². The molecular weight excluding hydrogens is 530 g/mol. The number of piperazine rings is 1. The molecule has 0 saturated carbocycles. The Morgan fingerprint density at radius 3 is 2.39 bits per heavy atom. The van der Waals surface area contributed by atoms with Crippen molar-refractivity contribution in [3.05, 3.63) is 95.6 Å². The fourth-order valence-electron chi connectivity index (χ4n) is 5.22. The lowest BCUT2D eigenvalue weighted by Crippen LogP contribution is -2.55. The highest BCUT2D eigenvalue weighted by atomic mass is 32.2. The molecule has 41 heavy (non-hydrogen) atoms. The largest absolute Gasteiger partial charge is 0.339 e. The summed E-state index contributed by atoms with van der Waals surface area (Å²) in [6.07, 6.45) is 1.61. The number of carbonyl (C=O) groups is 2. The Hall–Kier alpha value is -3.91. The van der Waals surface area contributed by atoms with Gasteiger partial charge >= 0.3 is 0 Å². The van der Waals surface area contributed by atoms with Crippen LogP contribution in [0.4, 0.5) is 0 Å². The van der Waals surface area contributed by atoms with E-state index in [1.54, 1.807) is 11.8 Å². The molecule has 2 amide bonds. The Kier molecular flexibility index (Phi) is 9.19. The zero-order valence-electron chi connectivity index (χ0n) is 24.0. The van der Waals surface area contributed by atoms with Crippen molar-refractivity contribution in [2.24, 2.45) is 0 Å². The predicted octanol–water partition coefficient (Wildman–Crippen LogP) is 5.73. The second-order valence-electron chi connectivity index (χ2n) is 10.7. The van der Waals surface area contributed by atoms with Crippen molar-refractivity contribution in [3.63, 3.8) is 0 Å². The quantitative estimate of drug-likeness (QED) is 0.191. The van der Waals surface area contributed by atoms with Crippen molar-refractivity contribution in [3.8, 4) is 17.1 Å². The second kappa shape index (κ2) is 13.2. The van der Waals surface area contributed by atoms with E-state index in [1.165, 1.54) is 11.1 Å². The van der Waals surface area contributed by atoms with Gasteiger partial charge in [0.2, 0.25) is 11.8 Å². The zero-order chi connectivity index (χ0) is 28.8. The van der Waals surface area contributed by atoms with E-state index in [1.807, 2.05) is 53.1 Å². The van der Waals surface area contributed by atoms with E-state index < -0.39 is 0 Å². The lowest BCUT2D eigenvalue weighted by atomic mass is 10.1. The Labute approximate surface area is 246 Å². The molecule has 1 fully saturated rings. The van der Waals surface area contributed by atoms with Gasteiger partial charge in [0, 0.05) is 49.1 Å². The molecule has 3 aromatic carbocycles. The van der Waals surface area contributed by atoms with Crippen LogP contribution in [0.5, 0.6) is 0 Å². The number of amides is 2. The van der Waals surface area contributed by atoms with E-state index in [-0.39, 0.29) is 17.9 Å². The van der Waals surface area contributed by atoms with Gasteiger partial charge in [-0.15, -0.1) is 10.2 Å². The van der Waals surface area contributed by atoms with Crippen LogP contribution in [-0.4, -0.2) is 67.8 Å². The SMILES string of the molecule is Cc1ccc(-c2nnc(SCCCC(=O)N3CCN(C(=O)Cc4ccccc4)C(C)C3)n2-c2cccc(C)c2)cc1. The summed E-state index contributed by atoms with van der Waals surface area (Å²) in [6.45, 7) is 7.92. The molecule has 1 saturated heterocycles. The molecular formula is C33H37N5O2S. The number of carbonyl (C=O) groups excluding carboxylic acids is 2. The van der Waals surface area contributed by atoms with Gasteiger partial charge in [-0.2, -0.15) is 0 Å². The molecule has 1 aliphatic heterocycles. The van der Waals surface area contributed by atoms with Crippen LogP contribution < -0.4 is 0 Å². The monoisotopic (exact) mass is 567 g/mol. The Bertz CT molecular complexity index is 1490. The lowest BCUT2D eigenvalue weighted by Gasteiger charge is -2.40. The fourth-order valence-corrected chi connectivity index (χ4v) is 6.12. The molecule has 212 valence electrons. The van der Waals surface area contributed by atoms with E-state index in [4.69, 9.17) is 0 Å². The molecule has 2 heterocycles. The summed E-state index contributed by atoms with van der Waals surface area (Å²) in [7, 11) is 0. The van der Waals surface area contributed by atoms with Gasteiger partial charge in [0.15, 0.2) is 11.0 Å². The minimum Gasteiger partial charge on any atom is -0.339 e. The highest BCUT2D eigenvalue weighted by molar-refractivity contribution is 7.99. The predicted molar refractivity (Wildman–Crippen MR) is 164 cm³/mol. The molecule has 0 N–H and O–H groups in total. The molecule has 0 aliphatic carbocycles. The number of hydrogen-bond acceptors (Lipinski definition) is 5. The first-order valence-corrected chi connectivity index (χ1v) is 15.2. The maximum Gasteiger partial charge on any atom is 0.227 e. The van der Waals surface area contributed by atoms with Crippen LogP contribution in [0.2, 0.25) is 0 Å². The molecule has 5 rings (SSSR count). The van der Waals surface area contributed by atoms with Crippen molar-refractivity contribution in [2.75, 3.05) is 25.4 Å². The van der Waals surface area contributed by atoms with E-state index in [0.29, 0.717) is 32.5 Å². The highest BCUT2D eigenvalue weighted by Crippen LogP contribution is 2.29. The van der Waals surface area contributed by atoms with Crippen LogP contribution in [0.1, 0.15) is 36.5 Å². The third-order valence-electron chi connectivity index (χ3n) is 7.47. The minimum atomic E-state index is 0.00589. The van der Waals surface area contributed by atoms with Crippen LogP contribution in [0.15, 0.2) is 84.0 Å². The highest BCUT2D eigenvalue weighted by Gasteiger charge is 2.29. The van der Waals surface area contributed by atoms with Crippen LogP contribution in [0, 0.1) is 13.8 Å². The van der Waals surface area contributed by atoms with Gasteiger partial charge in [-0.3, -0.25) is 14.2 Å². The molecule has 4 aromatic rings. The van der Waals surface area contributed by atoms with Crippen molar-refractivity contribution in [2.45, 2.75) is 51.2 Å². The number of aryl methyl sites for hydroxylation is 2. The van der Waals surface area contributed by atoms with Crippen molar-refractivity contribution in [1.82, 2.24) is 24.6 Å².